The number of esters is 1. The van der Waals surface area contributed by atoms with Crippen molar-refractivity contribution in [3.63, 3.8) is 0 Å². The Hall–Kier alpha value is -2.69. The number of carbonyl (C=O) groups is 2. The molecule has 0 aliphatic carbocycles. The fourth-order valence-electron chi connectivity index (χ4n) is 3.16. The van der Waals surface area contributed by atoms with Crippen molar-refractivity contribution in [2.75, 3.05) is 19.8 Å². The Morgan fingerprint density at radius 2 is 2.03 bits per heavy atom. The van der Waals surface area contributed by atoms with Gasteiger partial charge in [-0.15, -0.1) is 0 Å². The summed E-state index contributed by atoms with van der Waals surface area (Å²) in [7, 11) is 0. The lowest BCUT2D eigenvalue weighted by atomic mass is 9.96. The molecule has 1 aromatic rings. The molecule has 31 heavy (non-hydrogen) atoms. The van der Waals surface area contributed by atoms with E-state index in [0.717, 1.165) is 5.56 Å². The summed E-state index contributed by atoms with van der Waals surface area (Å²) in [5, 5.41) is 16.8. The maximum atomic E-state index is 11.7. The van der Waals surface area contributed by atoms with Gasteiger partial charge in [-0.1, -0.05) is 35.4 Å². The molecule has 2 rings (SSSR count). The Balaban J connectivity index is 2.08. The molecule has 1 heterocycles. The standard InChI is InChI=1S/C20H28N4O7/c1-13(25)23-17-19(30-14(2)26)18(27)16(12-28-11-15-7-4-3-5-8-15)31-20(17)29-10-6-9-22-24-21/h3-5,7-8,16-20,27H,6,9-12H2,1-2H3,(H,23,25)/t16?,17?,18-,19?,20-/m1/s1. The highest BCUT2D eigenvalue weighted by atomic mass is 16.7. The summed E-state index contributed by atoms with van der Waals surface area (Å²) in [6, 6.07) is 8.55. The van der Waals surface area contributed by atoms with Crippen molar-refractivity contribution in [2.24, 2.45) is 5.11 Å². The van der Waals surface area contributed by atoms with Crippen LogP contribution in [0.1, 0.15) is 25.8 Å². The minimum absolute atomic E-state index is 0.0131. The number of azide groups is 1. The van der Waals surface area contributed by atoms with Crippen LogP contribution in [-0.4, -0.2) is 67.4 Å². The second-order valence-corrected chi connectivity index (χ2v) is 7.01. The minimum atomic E-state index is -1.25. The zero-order chi connectivity index (χ0) is 22.6. The fourth-order valence-corrected chi connectivity index (χ4v) is 3.16. The summed E-state index contributed by atoms with van der Waals surface area (Å²) in [6.07, 6.45) is -3.79. The Morgan fingerprint density at radius 3 is 2.68 bits per heavy atom. The summed E-state index contributed by atoms with van der Waals surface area (Å²) < 4.78 is 22.6. The Morgan fingerprint density at radius 1 is 1.29 bits per heavy atom. The highest BCUT2D eigenvalue weighted by molar-refractivity contribution is 5.73. The van der Waals surface area contributed by atoms with Crippen LogP contribution in [0, 0.1) is 0 Å². The average Bonchev–Trinajstić information content (AvgIpc) is 2.73. The van der Waals surface area contributed by atoms with Gasteiger partial charge in [0.1, 0.15) is 18.2 Å². The van der Waals surface area contributed by atoms with Crippen LogP contribution in [0.2, 0.25) is 0 Å². The number of hydrogen-bond donors (Lipinski definition) is 2. The summed E-state index contributed by atoms with van der Waals surface area (Å²) in [6.45, 7) is 3.22. The van der Waals surface area contributed by atoms with Crippen molar-refractivity contribution in [1.29, 1.82) is 0 Å². The Kier molecular flexibility index (Phi) is 10.2. The largest absolute Gasteiger partial charge is 0.457 e. The molecule has 3 unspecified atom stereocenters. The van der Waals surface area contributed by atoms with Crippen molar-refractivity contribution in [1.82, 2.24) is 5.32 Å². The van der Waals surface area contributed by atoms with Crippen molar-refractivity contribution >= 4 is 11.9 Å². The Labute approximate surface area is 180 Å². The molecule has 5 atom stereocenters. The lowest BCUT2D eigenvalue weighted by Gasteiger charge is -2.44. The SMILES string of the molecule is CC(=O)NC1C(OC(C)=O)[C@H](O)C(COCc2ccccc2)O[C@H]1OCCCN=[N+]=[N-]. The molecule has 1 fully saturated rings. The van der Waals surface area contributed by atoms with Gasteiger partial charge >= 0.3 is 5.97 Å². The van der Waals surface area contributed by atoms with Crippen LogP contribution >= 0.6 is 0 Å². The molecule has 1 saturated heterocycles. The molecule has 11 heteroatoms. The molecule has 0 bridgehead atoms. The number of nitrogens with one attached hydrogen (secondary N) is 1. The molecule has 170 valence electrons. The number of benzene rings is 1. The molecule has 2 N–H and O–H groups in total. The molecular weight excluding hydrogens is 408 g/mol. The quantitative estimate of drug-likeness (QED) is 0.175. The summed E-state index contributed by atoms with van der Waals surface area (Å²) in [4.78, 5) is 26.0. The lowest BCUT2D eigenvalue weighted by molar-refractivity contribution is -0.276. The first kappa shape index (κ1) is 24.6. The van der Waals surface area contributed by atoms with E-state index in [4.69, 9.17) is 24.5 Å². The molecule has 0 saturated carbocycles. The zero-order valence-electron chi connectivity index (χ0n) is 17.5. The topological polar surface area (TPSA) is 152 Å². The molecule has 1 aliphatic rings. The molecule has 1 aliphatic heterocycles. The number of nitrogens with zero attached hydrogens (tertiary/aromatic N) is 3. The lowest BCUT2D eigenvalue weighted by Crippen LogP contribution is -2.65. The van der Waals surface area contributed by atoms with E-state index in [1.165, 1.54) is 13.8 Å². The molecular formula is C20H28N4O7. The first-order chi connectivity index (χ1) is 14.9. The number of hydrogen-bond acceptors (Lipinski definition) is 8. The van der Waals surface area contributed by atoms with Crippen LogP contribution in [0.15, 0.2) is 35.4 Å². The summed E-state index contributed by atoms with van der Waals surface area (Å²) in [5.74, 6) is -1.02. The van der Waals surface area contributed by atoms with Gasteiger partial charge in [-0.3, -0.25) is 9.59 Å². The van der Waals surface area contributed by atoms with E-state index >= 15 is 0 Å². The highest BCUT2D eigenvalue weighted by Gasteiger charge is 2.48. The maximum Gasteiger partial charge on any atom is 0.303 e. The van der Waals surface area contributed by atoms with Crippen molar-refractivity contribution in [3.05, 3.63) is 46.3 Å². The van der Waals surface area contributed by atoms with Crippen LogP contribution in [-0.2, 0) is 35.1 Å². The van der Waals surface area contributed by atoms with Crippen molar-refractivity contribution in [3.8, 4) is 0 Å². The second kappa shape index (κ2) is 12.9. The van der Waals surface area contributed by atoms with Gasteiger partial charge in [0.05, 0.1) is 13.2 Å². The molecule has 1 aromatic carbocycles. The van der Waals surface area contributed by atoms with Crippen LogP contribution in [0.5, 0.6) is 0 Å². The normalized spacial score (nSPS) is 25.3. The van der Waals surface area contributed by atoms with E-state index < -0.39 is 42.5 Å². The number of rotatable bonds is 11. The predicted octanol–water partition coefficient (Wildman–Crippen LogP) is 1.44. The number of ether oxygens (including phenoxy) is 4. The van der Waals surface area contributed by atoms with Crippen LogP contribution in [0.25, 0.3) is 10.4 Å². The third kappa shape index (κ3) is 8.16. The predicted molar refractivity (Wildman–Crippen MR) is 109 cm³/mol. The van der Waals surface area contributed by atoms with Crippen LogP contribution in [0.4, 0.5) is 0 Å². The van der Waals surface area contributed by atoms with Gasteiger partial charge in [-0.05, 0) is 17.5 Å². The van der Waals surface area contributed by atoms with Gasteiger partial charge in [-0.25, -0.2) is 0 Å². The number of carbonyl (C=O) groups excluding carboxylic acids is 2. The van der Waals surface area contributed by atoms with Crippen LogP contribution in [0.3, 0.4) is 0 Å². The van der Waals surface area contributed by atoms with Gasteiger partial charge in [-0.2, -0.15) is 0 Å². The van der Waals surface area contributed by atoms with Crippen molar-refractivity contribution in [2.45, 2.75) is 57.5 Å². The van der Waals surface area contributed by atoms with E-state index in [9.17, 15) is 14.7 Å². The first-order valence-corrected chi connectivity index (χ1v) is 9.94. The molecule has 11 nitrogen and oxygen atoms in total. The van der Waals surface area contributed by atoms with E-state index in [1.807, 2.05) is 30.3 Å². The summed E-state index contributed by atoms with van der Waals surface area (Å²) in [5.41, 5.74) is 9.31. The van der Waals surface area contributed by atoms with E-state index in [1.54, 1.807) is 0 Å². The second-order valence-electron chi connectivity index (χ2n) is 7.01. The number of aliphatic hydroxyl groups is 1. The summed E-state index contributed by atoms with van der Waals surface area (Å²) >= 11 is 0. The third-order valence-electron chi connectivity index (χ3n) is 4.49. The van der Waals surface area contributed by atoms with Crippen molar-refractivity contribution < 1.29 is 33.6 Å². The smallest absolute Gasteiger partial charge is 0.303 e. The van der Waals surface area contributed by atoms with Gasteiger partial charge in [0, 0.05) is 31.9 Å². The number of aliphatic hydroxyl groups excluding tert-OH is 1. The molecule has 0 spiro atoms. The zero-order valence-corrected chi connectivity index (χ0v) is 17.5. The van der Waals surface area contributed by atoms with E-state index in [2.05, 4.69) is 15.3 Å². The first-order valence-electron chi connectivity index (χ1n) is 9.94. The van der Waals surface area contributed by atoms with E-state index in [-0.39, 0.29) is 19.8 Å². The van der Waals surface area contributed by atoms with Gasteiger partial charge in [0.15, 0.2) is 12.4 Å². The third-order valence-corrected chi connectivity index (χ3v) is 4.49. The Bertz CT molecular complexity index is 757. The van der Waals surface area contributed by atoms with Gasteiger partial charge < -0.3 is 29.4 Å². The monoisotopic (exact) mass is 436 g/mol. The molecule has 0 radical (unpaired) electrons. The van der Waals surface area contributed by atoms with E-state index in [0.29, 0.717) is 13.0 Å². The number of amides is 1. The molecule has 0 aromatic heterocycles. The maximum absolute atomic E-state index is 11.7. The van der Waals surface area contributed by atoms with Crippen LogP contribution < -0.4 is 5.32 Å². The van der Waals surface area contributed by atoms with Gasteiger partial charge in [0.25, 0.3) is 0 Å². The fraction of sp³-hybridized carbons (Fsp3) is 0.600. The van der Waals surface area contributed by atoms with Gasteiger partial charge in [0.2, 0.25) is 5.91 Å². The minimum Gasteiger partial charge on any atom is -0.457 e. The molecule has 1 amide bonds. The average molecular weight is 436 g/mol. The highest BCUT2D eigenvalue weighted by Crippen LogP contribution is 2.25.